The van der Waals surface area contributed by atoms with Crippen molar-refractivity contribution in [2.75, 3.05) is 34.5 Å². The van der Waals surface area contributed by atoms with E-state index in [0.29, 0.717) is 63.9 Å². The molecule has 0 fully saturated rings. The molecule has 0 amide bonds. The lowest BCUT2D eigenvalue weighted by molar-refractivity contribution is 0.531. The highest BCUT2D eigenvalue weighted by atomic mass is 32.2. The largest absolute Gasteiger partial charge is 0.254 e. The molecule has 0 saturated heterocycles. The molecule has 6 atom stereocenters. The minimum atomic E-state index is -1.47. The van der Waals surface area contributed by atoms with Gasteiger partial charge < -0.3 is 0 Å². The molecule has 138 heavy (non-hydrogen) atoms. The quantitative estimate of drug-likeness (QED) is 0.0322. The van der Waals surface area contributed by atoms with E-state index in [1.807, 2.05) is 0 Å². The molecule has 0 aromatic heterocycles. The maximum atomic E-state index is 15.7. The van der Waals surface area contributed by atoms with Gasteiger partial charge in [0.1, 0.15) is 0 Å². The Morgan fingerprint density at radius 3 is 0.246 bits per heavy atom. The number of unbranched alkanes of at least 4 members (excludes halogenated alkanes) is 90. The first-order chi connectivity index (χ1) is 68.1. The maximum absolute atomic E-state index is 15.7. The Morgan fingerprint density at radius 1 is 0.109 bits per heavy atom. The van der Waals surface area contributed by atoms with Gasteiger partial charge in [-0.05, 0) is 107 Å². The normalized spacial score (nSPS) is 13.3. The van der Waals surface area contributed by atoms with Gasteiger partial charge in [0, 0.05) is 34.5 Å². The molecule has 12 heteroatoms. The molecule has 0 aliphatic carbocycles. The van der Waals surface area contributed by atoms with E-state index in [9.17, 15) is 0 Å². The minimum absolute atomic E-state index is 0.493. The van der Waals surface area contributed by atoms with Crippen molar-refractivity contribution in [3.63, 3.8) is 0 Å². The van der Waals surface area contributed by atoms with Crippen molar-refractivity contribution in [3.8, 4) is 0 Å². The minimum Gasteiger partial charge on any atom is -0.254 e. The van der Waals surface area contributed by atoms with Gasteiger partial charge in [0.25, 0.3) is 0 Å². The van der Waals surface area contributed by atoms with E-state index in [2.05, 4.69) is 77.9 Å². The molecule has 0 aliphatic rings. The molecule has 0 spiro atoms. The fourth-order valence-corrected chi connectivity index (χ4v) is 30.4. The summed E-state index contributed by atoms with van der Waals surface area (Å²) in [6.45, 7) is 13.8. The van der Waals surface area contributed by atoms with Crippen LogP contribution in [0, 0.1) is 0 Å². The molecular weight excluding hydrogens is 1800 g/mol. The van der Waals surface area contributed by atoms with Gasteiger partial charge in [0.2, 0.25) is 0 Å². The van der Waals surface area contributed by atoms with Crippen molar-refractivity contribution in [2.45, 2.75) is 687 Å². The summed E-state index contributed by atoms with van der Waals surface area (Å²) >= 11 is 0. The molecule has 4 rings (SSSR count). The lowest BCUT2D eigenvalue weighted by Crippen LogP contribution is -2.09. The molecular formula is C126H228O6S6. The highest BCUT2D eigenvalue weighted by Crippen LogP contribution is 2.44. The molecule has 6 unspecified atom stereocenters. The topological polar surface area (TPSA) is 102 Å². The first kappa shape index (κ1) is 129. The van der Waals surface area contributed by atoms with Gasteiger partial charge in [0.15, 0.2) is 0 Å². The molecule has 4 aromatic carbocycles. The third-order valence-corrected chi connectivity index (χ3v) is 40.0. The van der Waals surface area contributed by atoms with E-state index in [4.69, 9.17) is 0 Å². The van der Waals surface area contributed by atoms with Crippen LogP contribution in [0.2, 0.25) is 0 Å². The van der Waals surface area contributed by atoms with E-state index in [1.165, 1.54) is 501 Å². The van der Waals surface area contributed by atoms with Crippen molar-refractivity contribution in [3.05, 3.63) is 36.4 Å². The Labute approximate surface area is 873 Å². The molecule has 0 bridgehead atoms. The Bertz CT molecular complexity index is 2980. The number of hydrogen-bond donors (Lipinski definition) is 0. The summed E-state index contributed by atoms with van der Waals surface area (Å²) in [4.78, 5) is 3.89. The highest BCUT2D eigenvalue weighted by Gasteiger charge is 2.27. The van der Waals surface area contributed by atoms with Gasteiger partial charge in [-0.2, -0.15) is 0 Å². The SMILES string of the molecule is CCCCCCCCCCCCCCCCCCS(=O)c1cc2c3cc(S(=O)CCCCCCCCCCCCCCCCCC)c(S(=O)CCCCCCCCCCCCCCCCCC)cc3c3cc(S(=O)CCCCCCCCCCCCCCCCCC)c(S(=O)CCCCCCCCCCCCCCCCCC)cc3c2cc1S(=O)CCCCCCCCCCCCCCCCCC. The van der Waals surface area contributed by atoms with Crippen LogP contribution in [0.15, 0.2) is 65.8 Å². The van der Waals surface area contributed by atoms with Crippen molar-refractivity contribution in [1.29, 1.82) is 0 Å². The van der Waals surface area contributed by atoms with E-state index in [1.54, 1.807) is 0 Å². The van der Waals surface area contributed by atoms with Gasteiger partial charge in [0.05, 0.1) is 94.2 Å². The van der Waals surface area contributed by atoms with Crippen LogP contribution in [0.5, 0.6) is 0 Å². The van der Waals surface area contributed by atoms with Crippen LogP contribution in [0.1, 0.15) is 658 Å². The fourth-order valence-electron chi connectivity index (χ4n) is 21.4. The van der Waals surface area contributed by atoms with Crippen LogP contribution in [0.3, 0.4) is 0 Å². The second kappa shape index (κ2) is 95.2. The van der Waals surface area contributed by atoms with Crippen LogP contribution in [0.25, 0.3) is 32.3 Å². The first-order valence-corrected chi connectivity index (χ1v) is 69.8. The number of benzene rings is 4. The van der Waals surface area contributed by atoms with E-state index in [-0.39, 0.29) is 0 Å². The Morgan fingerprint density at radius 2 is 0.174 bits per heavy atom. The lowest BCUT2D eigenvalue weighted by atomic mass is 9.94. The smallest absolute Gasteiger partial charge is 0.0556 e. The molecule has 0 N–H and O–H groups in total. The number of rotatable bonds is 108. The second-order valence-corrected chi connectivity index (χ2v) is 52.9. The summed E-state index contributed by atoms with van der Waals surface area (Å²) < 4.78 is 94.4. The average molecular weight is 2030 g/mol. The van der Waals surface area contributed by atoms with E-state index in [0.717, 1.165) is 148 Å². The highest BCUT2D eigenvalue weighted by molar-refractivity contribution is 7.89. The van der Waals surface area contributed by atoms with Crippen LogP contribution < -0.4 is 0 Å². The third-order valence-electron chi connectivity index (χ3n) is 30.7. The summed E-state index contributed by atoms with van der Waals surface area (Å²) in [5.41, 5.74) is 0. The monoisotopic (exact) mass is 2030 g/mol. The van der Waals surface area contributed by atoms with Gasteiger partial charge >= 0.3 is 0 Å². The van der Waals surface area contributed by atoms with Gasteiger partial charge in [-0.1, -0.05) is 619 Å². The summed E-state index contributed by atoms with van der Waals surface area (Å²) in [5.74, 6) is 2.96. The predicted octanol–water partition coefficient (Wildman–Crippen LogP) is 43.4. The van der Waals surface area contributed by atoms with Gasteiger partial charge in [-0.15, -0.1) is 0 Å². The van der Waals surface area contributed by atoms with Crippen molar-refractivity contribution < 1.29 is 25.3 Å². The van der Waals surface area contributed by atoms with Crippen molar-refractivity contribution in [2.24, 2.45) is 0 Å². The van der Waals surface area contributed by atoms with Crippen LogP contribution in [0.4, 0.5) is 0 Å². The summed E-state index contributed by atoms with van der Waals surface area (Å²) in [6.07, 6.45) is 122. The molecule has 0 heterocycles. The number of hydrogen-bond acceptors (Lipinski definition) is 6. The molecule has 4 aromatic rings. The molecule has 804 valence electrons. The first-order valence-electron chi connectivity index (χ1n) is 61.9. The standard InChI is InChI=1S/C126H228O6S6/c1-7-13-19-25-31-37-43-49-55-61-67-73-79-85-91-97-103-133(127)121-109-115-116(110-122(121)134(128)104-98-92-86-80-74-68-62-56-50-44-38-32-26-20-14-8-2)118-112-124(136(130)106-100-94-88-82-76-70-64-58-52-46-40-34-28-22-16-10-4)126(138(132)108-102-96-90-84-78-72-66-60-54-48-42-36-30-24-18-12-6)114-120(118)119-113-125(137(131)107-101-95-89-83-77-71-65-59-53-47-41-35-29-23-17-11-5)123(111-117(115)119)135(129)105-99-93-87-81-75-69-63-57-51-45-39-33-27-21-15-9-3/h109-114H,7-108H2,1-6H3. The van der Waals surface area contributed by atoms with Crippen molar-refractivity contribution in [1.82, 2.24) is 0 Å². The molecule has 0 radical (unpaired) electrons. The van der Waals surface area contributed by atoms with Gasteiger partial charge in [-0.25, -0.2) is 0 Å². The zero-order valence-corrected chi connectivity index (χ0v) is 97.4. The van der Waals surface area contributed by atoms with Gasteiger partial charge in [-0.3, -0.25) is 25.3 Å². The molecule has 6 nitrogen and oxygen atoms in total. The van der Waals surface area contributed by atoms with E-state index < -0.39 is 64.8 Å². The number of fused-ring (bicyclic) bond motifs is 6. The predicted molar refractivity (Wildman–Crippen MR) is 624 cm³/mol. The Hall–Kier alpha value is -1.44. The zero-order chi connectivity index (χ0) is 98.8. The maximum Gasteiger partial charge on any atom is 0.0556 e. The zero-order valence-electron chi connectivity index (χ0n) is 92.5. The van der Waals surface area contributed by atoms with Crippen LogP contribution in [-0.4, -0.2) is 59.8 Å². The van der Waals surface area contributed by atoms with E-state index >= 15 is 25.3 Å². The Balaban J connectivity index is 1.83. The summed E-state index contributed by atoms with van der Waals surface area (Å²) in [7, 11) is -8.82. The summed E-state index contributed by atoms with van der Waals surface area (Å²) in [5, 5.41) is 5.19. The second-order valence-electron chi connectivity index (χ2n) is 43.7. The lowest BCUT2D eigenvalue weighted by Gasteiger charge is -2.20. The Kier molecular flexibility index (Phi) is 88.9. The van der Waals surface area contributed by atoms with Crippen LogP contribution >= 0.6 is 0 Å². The molecule has 0 saturated carbocycles. The average Bonchev–Trinajstić information content (AvgIpc) is 0.716. The molecule has 0 aliphatic heterocycles. The third kappa shape index (κ3) is 66.1. The van der Waals surface area contributed by atoms with Crippen molar-refractivity contribution >= 4 is 97.1 Å². The fraction of sp³-hybridized carbons (Fsp3) is 0.857. The van der Waals surface area contributed by atoms with Crippen LogP contribution in [-0.2, 0) is 64.8 Å². The summed E-state index contributed by atoms with van der Waals surface area (Å²) in [6, 6.07) is 12.8.